The van der Waals surface area contributed by atoms with Gasteiger partial charge in [-0.3, -0.25) is 52.7 Å². The van der Waals surface area contributed by atoms with Gasteiger partial charge in [-0.05, 0) is 122 Å². The molecule has 1 heterocycles. The first-order valence-electron chi connectivity index (χ1n) is 28.8. The van der Waals surface area contributed by atoms with E-state index in [0.717, 1.165) is 19.3 Å². The molecule has 0 bridgehead atoms. The van der Waals surface area contributed by atoms with Crippen LogP contribution in [-0.4, -0.2) is 187 Å². The Labute approximate surface area is 482 Å². The third kappa shape index (κ3) is 27.3. The molecule has 13 atom stereocenters. The number of aliphatic hydroxyl groups excluding tert-OH is 2. The van der Waals surface area contributed by atoms with Crippen molar-refractivity contribution in [2.45, 2.75) is 211 Å². The lowest BCUT2D eigenvalue weighted by molar-refractivity contribution is -0.137. The molecule has 29 nitrogen and oxygen atoms in total. The van der Waals surface area contributed by atoms with Gasteiger partial charge in [0.05, 0.1) is 12.2 Å². The third-order valence-corrected chi connectivity index (χ3v) is 13.7. The van der Waals surface area contributed by atoms with E-state index in [1.54, 1.807) is 27.7 Å². The van der Waals surface area contributed by atoms with Gasteiger partial charge >= 0.3 is 0 Å². The van der Waals surface area contributed by atoms with Crippen LogP contribution < -0.4 is 87.2 Å². The van der Waals surface area contributed by atoms with Gasteiger partial charge in [0.25, 0.3) is 0 Å². The maximum absolute atomic E-state index is 14.4. The van der Waals surface area contributed by atoms with E-state index in [0.29, 0.717) is 12.3 Å². The minimum absolute atomic E-state index is 0.0131. The first-order valence-corrected chi connectivity index (χ1v) is 28.8. The van der Waals surface area contributed by atoms with Crippen molar-refractivity contribution >= 4 is 65.0 Å². The summed E-state index contributed by atoms with van der Waals surface area (Å²) in [5.74, 6) is -9.49. The smallest absolute Gasteiger partial charge is 0.245 e. The van der Waals surface area contributed by atoms with Crippen LogP contribution in [0, 0.1) is 17.8 Å². The molecular formula is C53H100N16O13. The van der Waals surface area contributed by atoms with Gasteiger partial charge in [0.1, 0.15) is 60.4 Å². The van der Waals surface area contributed by atoms with Gasteiger partial charge < -0.3 is 97.4 Å². The molecule has 470 valence electrons. The average molecular weight is 1170 g/mol. The summed E-state index contributed by atoms with van der Waals surface area (Å²) < 4.78 is 0. The minimum Gasteiger partial charge on any atom is -0.391 e. The van der Waals surface area contributed by atoms with Crippen LogP contribution in [0.1, 0.15) is 139 Å². The van der Waals surface area contributed by atoms with E-state index >= 15 is 0 Å². The van der Waals surface area contributed by atoms with Gasteiger partial charge in [-0.25, -0.2) is 0 Å². The number of carbonyl (C=O) groups is 11. The van der Waals surface area contributed by atoms with E-state index in [1.165, 1.54) is 13.8 Å². The number of unbranched alkanes of at least 4 members (excludes halogenated alkanes) is 1. The lowest BCUT2D eigenvalue weighted by Gasteiger charge is -2.29. The maximum atomic E-state index is 14.4. The highest BCUT2D eigenvalue weighted by Crippen LogP contribution is 2.14. The van der Waals surface area contributed by atoms with Gasteiger partial charge in [-0.15, -0.1) is 0 Å². The number of rotatable bonds is 29. The maximum Gasteiger partial charge on any atom is 0.245 e. The van der Waals surface area contributed by atoms with E-state index in [4.69, 9.17) is 28.7 Å². The van der Waals surface area contributed by atoms with Crippen molar-refractivity contribution in [2.24, 2.45) is 46.4 Å². The van der Waals surface area contributed by atoms with Crippen LogP contribution in [-0.2, 0) is 52.7 Å². The second kappa shape index (κ2) is 39.4. The molecule has 0 aromatic heterocycles. The summed E-state index contributed by atoms with van der Waals surface area (Å²) in [7, 11) is 0. The van der Waals surface area contributed by atoms with Gasteiger partial charge in [0.2, 0.25) is 65.0 Å². The monoisotopic (exact) mass is 1170 g/mol. The highest BCUT2D eigenvalue weighted by atomic mass is 16.3. The van der Waals surface area contributed by atoms with Gasteiger partial charge in [0, 0.05) is 13.0 Å². The Kier molecular flexibility index (Phi) is 35.5. The molecule has 29 heteroatoms. The molecule has 11 amide bonds. The number of carbonyl (C=O) groups excluding carboxylic acids is 11. The second-order valence-electron chi connectivity index (χ2n) is 22.0. The standard InChI is InChI=1S/C53H100N16O13/c1-9-30(6)12-10-11-13-41(72)60-33(14-20-54)48(77)69-43(32(8)71)53(82)65-36(17-23-57)45(74)64-38-19-25-59-52(81)42(31(7)70)68-49(78)37(18-24-58)62-44(73)34(15-21-55)63-50(79)39(26-28(2)3)67-51(80)40(27-29(4)5)66-46(75)35(16-22-56)61-47(38)76/h28-40,42-43,70-71H,9-27,54-58H2,1-8H3,(H,59,81)(H,60,72)(H,61,76)(H,62,73)(H,63,79)(H,64,74)(H,65,82)(H,66,75)(H,67,80)(H,68,78)(H,69,77)/t30-,31+,32+,33-,34-,35-,36-,37-,38?,39-,40+,42-,43-/m0/s1. The molecule has 0 saturated carbocycles. The molecule has 82 heavy (non-hydrogen) atoms. The summed E-state index contributed by atoms with van der Waals surface area (Å²) in [5.41, 5.74) is 29.2. The van der Waals surface area contributed by atoms with E-state index in [1.807, 2.05) is 0 Å². The van der Waals surface area contributed by atoms with Crippen LogP contribution in [0.25, 0.3) is 0 Å². The van der Waals surface area contributed by atoms with Crippen molar-refractivity contribution in [3.8, 4) is 0 Å². The number of hydrogen-bond acceptors (Lipinski definition) is 18. The van der Waals surface area contributed by atoms with Gasteiger partial charge in [-0.1, -0.05) is 60.8 Å². The average Bonchev–Trinajstić information content (AvgIpc) is 3.41. The third-order valence-electron chi connectivity index (χ3n) is 13.7. The molecule has 0 aromatic rings. The fourth-order valence-corrected chi connectivity index (χ4v) is 8.76. The molecule has 1 unspecified atom stereocenters. The Bertz CT molecular complexity index is 2070. The molecule has 1 aliphatic rings. The predicted molar refractivity (Wildman–Crippen MR) is 305 cm³/mol. The molecule has 0 radical (unpaired) electrons. The van der Waals surface area contributed by atoms with Crippen LogP contribution in [0.4, 0.5) is 0 Å². The molecular weight excluding hydrogens is 1070 g/mol. The predicted octanol–water partition coefficient (Wildman–Crippen LogP) is -5.44. The van der Waals surface area contributed by atoms with Gasteiger partial charge in [0.15, 0.2) is 0 Å². The number of nitrogens with two attached hydrogens (primary N) is 5. The fourth-order valence-electron chi connectivity index (χ4n) is 8.76. The van der Waals surface area contributed by atoms with E-state index in [2.05, 4.69) is 72.3 Å². The number of hydrogen-bond donors (Lipinski definition) is 18. The summed E-state index contributed by atoms with van der Waals surface area (Å²) in [5, 5.41) is 49.5. The molecule has 0 aliphatic carbocycles. The summed E-state index contributed by atoms with van der Waals surface area (Å²) in [4.78, 5) is 153. The fraction of sp³-hybridized carbons (Fsp3) is 0.792. The molecule has 1 saturated heterocycles. The zero-order chi connectivity index (χ0) is 62.2. The van der Waals surface area contributed by atoms with Crippen LogP contribution in [0.15, 0.2) is 0 Å². The topological polar surface area (TPSA) is 491 Å². The Morgan fingerprint density at radius 3 is 1.39 bits per heavy atom. The highest BCUT2D eigenvalue weighted by Gasteiger charge is 2.37. The SMILES string of the molecule is CC[C@H](C)CCCCC(=O)N[C@@H](CCN)C(=O)N[C@H](C(=O)N[C@@H](CCN)C(=O)NC1CCNC(=O)[C@H]([C@@H](C)O)NC(=O)[C@H](CCN)NC(=O)[C@H](CCN)NC(=O)[C@H](CC(C)C)NC(=O)[C@@H](CC(C)C)NC(=O)[C@H](CCN)NC1=O)[C@@H](C)O. The van der Waals surface area contributed by atoms with E-state index in [-0.39, 0.29) is 95.9 Å². The quantitative estimate of drug-likeness (QED) is 0.0311. The lowest BCUT2D eigenvalue weighted by atomic mass is 9.99. The molecule has 1 aliphatic heterocycles. The number of nitrogens with one attached hydrogen (secondary N) is 11. The highest BCUT2D eigenvalue weighted by molar-refractivity contribution is 5.99. The molecule has 0 aromatic carbocycles. The first-order chi connectivity index (χ1) is 38.7. The lowest BCUT2D eigenvalue weighted by Crippen LogP contribution is -2.62. The second-order valence-corrected chi connectivity index (χ2v) is 22.0. The largest absolute Gasteiger partial charge is 0.391 e. The van der Waals surface area contributed by atoms with Crippen molar-refractivity contribution in [1.29, 1.82) is 0 Å². The van der Waals surface area contributed by atoms with Crippen molar-refractivity contribution < 1.29 is 63.0 Å². The van der Waals surface area contributed by atoms with Crippen molar-refractivity contribution in [3.63, 3.8) is 0 Å². The van der Waals surface area contributed by atoms with Crippen LogP contribution in [0.5, 0.6) is 0 Å². The number of aliphatic hydroxyl groups is 2. The molecule has 1 rings (SSSR count). The normalized spacial score (nSPS) is 23.4. The van der Waals surface area contributed by atoms with E-state index in [9.17, 15) is 63.0 Å². The Morgan fingerprint density at radius 2 is 0.963 bits per heavy atom. The Hall–Kier alpha value is -6.11. The van der Waals surface area contributed by atoms with Crippen LogP contribution in [0.3, 0.4) is 0 Å². The first kappa shape index (κ1) is 73.9. The Balaban J connectivity index is 3.81. The molecule has 1 fully saturated rings. The van der Waals surface area contributed by atoms with Crippen LogP contribution in [0.2, 0.25) is 0 Å². The molecule has 23 N–H and O–H groups in total. The number of amides is 11. The minimum atomic E-state index is -1.69. The van der Waals surface area contributed by atoms with Crippen molar-refractivity contribution in [1.82, 2.24) is 58.5 Å². The summed E-state index contributed by atoms with van der Waals surface area (Å²) in [6, 6.07) is -14.5. The summed E-state index contributed by atoms with van der Waals surface area (Å²) in [6.07, 6.45) is -0.760. The molecule has 0 spiro atoms. The summed E-state index contributed by atoms with van der Waals surface area (Å²) >= 11 is 0. The van der Waals surface area contributed by atoms with E-state index < -0.39 is 151 Å². The Morgan fingerprint density at radius 1 is 0.524 bits per heavy atom. The zero-order valence-corrected chi connectivity index (χ0v) is 49.4. The van der Waals surface area contributed by atoms with Crippen molar-refractivity contribution in [2.75, 3.05) is 39.3 Å². The zero-order valence-electron chi connectivity index (χ0n) is 49.4. The van der Waals surface area contributed by atoms with Crippen LogP contribution >= 0.6 is 0 Å². The van der Waals surface area contributed by atoms with Gasteiger partial charge in [-0.2, -0.15) is 0 Å². The van der Waals surface area contributed by atoms with Crippen molar-refractivity contribution in [3.05, 3.63) is 0 Å². The summed E-state index contributed by atoms with van der Waals surface area (Å²) in [6.45, 7) is 12.6.